The molecule has 1 aromatic heterocycles. The smallest absolute Gasteiger partial charge is 0.352 e. The summed E-state index contributed by atoms with van der Waals surface area (Å²) in [6.07, 6.45) is 2.01. The van der Waals surface area contributed by atoms with Gasteiger partial charge in [-0.1, -0.05) is 0 Å². The number of aromatic nitrogens is 1. The summed E-state index contributed by atoms with van der Waals surface area (Å²) in [5.74, 6) is -1.07. The predicted octanol–water partition coefficient (Wildman–Crippen LogP) is 1.34. The first kappa shape index (κ1) is 13.2. The number of nitrogens with zero attached hydrogens (tertiary/aromatic N) is 2. The number of aromatic carboxylic acids is 1. The predicted molar refractivity (Wildman–Crippen MR) is 70.8 cm³/mol. The fraction of sp³-hybridized carbons (Fsp3) is 0.571. The van der Waals surface area contributed by atoms with Crippen LogP contribution in [0.2, 0.25) is 0 Å². The Morgan fingerprint density at radius 2 is 2.20 bits per heavy atom. The fourth-order valence-corrected chi connectivity index (χ4v) is 3.08. The number of likely N-dealkylation sites (tertiary alicyclic amines) is 1. The Bertz CT molecular complexity index is 564. The molecule has 1 saturated heterocycles. The van der Waals surface area contributed by atoms with E-state index in [-0.39, 0.29) is 17.6 Å². The van der Waals surface area contributed by atoms with Crippen LogP contribution in [0.1, 0.15) is 46.3 Å². The van der Waals surface area contributed by atoms with Crippen LogP contribution in [0.3, 0.4) is 0 Å². The van der Waals surface area contributed by atoms with Crippen molar-refractivity contribution in [2.45, 2.75) is 39.0 Å². The molecule has 0 unspecified atom stereocenters. The van der Waals surface area contributed by atoms with Crippen molar-refractivity contribution in [2.75, 3.05) is 13.2 Å². The van der Waals surface area contributed by atoms with Crippen LogP contribution in [0, 0.1) is 0 Å². The van der Waals surface area contributed by atoms with Crippen molar-refractivity contribution in [1.29, 1.82) is 0 Å². The lowest BCUT2D eigenvalue weighted by atomic mass is 10.2. The number of carboxylic acids is 1. The first-order valence-corrected chi connectivity index (χ1v) is 6.94. The zero-order valence-corrected chi connectivity index (χ0v) is 11.5. The molecule has 0 bridgehead atoms. The zero-order valence-electron chi connectivity index (χ0n) is 11.5. The van der Waals surface area contributed by atoms with Gasteiger partial charge in [-0.2, -0.15) is 0 Å². The molecule has 0 aromatic carbocycles. The van der Waals surface area contributed by atoms with Crippen LogP contribution in [0.25, 0.3) is 0 Å². The van der Waals surface area contributed by atoms with Crippen molar-refractivity contribution in [3.05, 3.63) is 23.0 Å². The van der Waals surface area contributed by atoms with Crippen molar-refractivity contribution < 1.29 is 19.4 Å². The number of hydrogen-bond donors (Lipinski definition) is 1. The lowest BCUT2D eigenvalue weighted by Crippen LogP contribution is -2.34. The fourth-order valence-electron chi connectivity index (χ4n) is 3.08. The quantitative estimate of drug-likeness (QED) is 0.886. The number of carbonyl (C=O) groups excluding carboxylic acids is 1. The molecule has 3 rings (SSSR count). The Hall–Kier alpha value is -1.82. The second-order valence-corrected chi connectivity index (χ2v) is 5.39. The van der Waals surface area contributed by atoms with Crippen LogP contribution in [0.5, 0.6) is 0 Å². The molecule has 1 N–H and O–H groups in total. The van der Waals surface area contributed by atoms with E-state index in [9.17, 15) is 14.7 Å². The second-order valence-electron chi connectivity index (χ2n) is 5.39. The van der Waals surface area contributed by atoms with E-state index in [0.717, 1.165) is 19.4 Å². The van der Waals surface area contributed by atoms with Gasteiger partial charge in [-0.25, -0.2) is 4.79 Å². The summed E-state index contributed by atoms with van der Waals surface area (Å²) in [7, 11) is 0. The van der Waals surface area contributed by atoms with Crippen LogP contribution in [0.15, 0.2) is 6.07 Å². The lowest BCUT2D eigenvalue weighted by Gasteiger charge is -2.23. The lowest BCUT2D eigenvalue weighted by molar-refractivity contribution is 0.0633. The molecule has 0 radical (unpaired) electrons. The maximum atomic E-state index is 12.6. The highest BCUT2D eigenvalue weighted by atomic mass is 16.5. The van der Waals surface area contributed by atoms with Gasteiger partial charge in [-0.15, -0.1) is 0 Å². The minimum absolute atomic E-state index is 0.0725. The molecule has 6 heteroatoms. The van der Waals surface area contributed by atoms with Crippen molar-refractivity contribution in [3.8, 4) is 0 Å². The van der Waals surface area contributed by atoms with Crippen LogP contribution in [-0.2, 0) is 17.9 Å². The summed E-state index contributed by atoms with van der Waals surface area (Å²) in [5, 5.41) is 9.27. The third-order valence-corrected chi connectivity index (χ3v) is 4.17. The van der Waals surface area contributed by atoms with E-state index in [2.05, 4.69) is 0 Å². The molecule has 3 heterocycles. The third-order valence-electron chi connectivity index (χ3n) is 4.17. The molecule has 0 aliphatic carbocycles. The van der Waals surface area contributed by atoms with Gasteiger partial charge in [0.2, 0.25) is 0 Å². The Labute approximate surface area is 116 Å². The van der Waals surface area contributed by atoms with Crippen molar-refractivity contribution in [1.82, 2.24) is 9.47 Å². The third kappa shape index (κ3) is 2.00. The van der Waals surface area contributed by atoms with Crippen LogP contribution in [0.4, 0.5) is 0 Å². The summed E-state index contributed by atoms with van der Waals surface area (Å²) in [4.78, 5) is 25.8. The monoisotopic (exact) mass is 278 g/mol. The van der Waals surface area contributed by atoms with E-state index in [1.165, 1.54) is 6.07 Å². The van der Waals surface area contributed by atoms with Gasteiger partial charge >= 0.3 is 5.97 Å². The van der Waals surface area contributed by atoms with Gasteiger partial charge in [-0.3, -0.25) is 4.79 Å². The molecule has 2 aliphatic rings. The number of amides is 1. The molecule has 1 amide bonds. The Morgan fingerprint density at radius 1 is 1.40 bits per heavy atom. The molecule has 2 aliphatic heterocycles. The maximum absolute atomic E-state index is 12.6. The summed E-state index contributed by atoms with van der Waals surface area (Å²) in [5.41, 5.74) is 1.35. The number of fused-ring (bicyclic) bond motifs is 1. The zero-order chi connectivity index (χ0) is 14.3. The number of rotatable bonds is 2. The maximum Gasteiger partial charge on any atom is 0.352 e. The highest BCUT2D eigenvalue weighted by Gasteiger charge is 2.31. The van der Waals surface area contributed by atoms with Crippen LogP contribution in [-0.4, -0.2) is 45.6 Å². The van der Waals surface area contributed by atoms with E-state index < -0.39 is 5.97 Å². The van der Waals surface area contributed by atoms with Gasteiger partial charge in [-0.05, 0) is 25.8 Å². The van der Waals surface area contributed by atoms with E-state index in [4.69, 9.17) is 4.74 Å². The molecule has 0 saturated carbocycles. The van der Waals surface area contributed by atoms with Gasteiger partial charge in [0.25, 0.3) is 5.91 Å². The normalized spacial score (nSPS) is 21.9. The van der Waals surface area contributed by atoms with Gasteiger partial charge in [0.05, 0.1) is 24.5 Å². The first-order valence-electron chi connectivity index (χ1n) is 6.94. The molecular weight excluding hydrogens is 260 g/mol. The molecule has 1 aromatic rings. The number of hydrogen-bond acceptors (Lipinski definition) is 3. The summed E-state index contributed by atoms with van der Waals surface area (Å²) in [6.45, 7) is 4.04. The molecular formula is C14H18N2O4. The minimum atomic E-state index is -0.998. The largest absolute Gasteiger partial charge is 0.477 e. The molecule has 0 spiro atoms. The topological polar surface area (TPSA) is 71.8 Å². The van der Waals surface area contributed by atoms with Crippen molar-refractivity contribution in [3.63, 3.8) is 0 Å². The summed E-state index contributed by atoms with van der Waals surface area (Å²) in [6, 6.07) is 1.72. The number of ether oxygens (including phenoxy) is 1. The van der Waals surface area contributed by atoms with E-state index in [1.54, 1.807) is 4.57 Å². The number of carboxylic acid groups (broad SMARTS) is 1. The minimum Gasteiger partial charge on any atom is -0.477 e. The average Bonchev–Trinajstić information content (AvgIpc) is 3.01. The van der Waals surface area contributed by atoms with Gasteiger partial charge < -0.3 is 19.3 Å². The second kappa shape index (κ2) is 4.94. The van der Waals surface area contributed by atoms with Crippen LogP contribution >= 0.6 is 0 Å². The molecule has 1 atom stereocenters. The Balaban J connectivity index is 2.01. The molecule has 108 valence electrons. The van der Waals surface area contributed by atoms with Crippen LogP contribution < -0.4 is 0 Å². The van der Waals surface area contributed by atoms with E-state index in [1.807, 2.05) is 11.8 Å². The molecule has 1 fully saturated rings. The van der Waals surface area contributed by atoms with E-state index >= 15 is 0 Å². The summed E-state index contributed by atoms with van der Waals surface area (Å²) >= 11 is 0. The van der Waals surface area contributed by atoms with E-state index in [0.29, 0.717) is 31.0 Å². The number of carbonyl (C=O) groups is 2. The standard InChI is InChI=1S/C14H18N2O4/c1-9-3-2-4-15(9)13(17)10-7-11(14(18)19)16-5-6-20-8-12(10)16/h7,9H,2-6,8H2,1H3,(H,18,19)/t9-/m0/s1. The van der Waals surface area contributed by atoms with Gasteiger partial charge in [0, 0.05) is 19.1 Å². The Morgan fingerprint density at radius 3 is 2.85 bits per heavy atom. The summed E-state index contributed by atoms with van der Waals surface area (Å²) < 4.78 is 7.08. The molecule has 6 nitrogen and oxygen atoms in total. The van der Waals surface area contributed by atoms with Gasteiger partial charge in [0.15, 0.2) is 0 Å². The van der Waals surface area contributed by atoms with Gasteiger partial charge in [0.1, 0.15) is 5.69 Å². The highest BCUT2D eigenvalue weighted by Crippen LogP contribution is 2.26. The average molecular weight is 278 g/mol. The SMILES string of the molecule is C[C@H]1CCCN1C(=O)c1cc(C(=O)O)n2c1COCC2. The Kier molecular flexibility index (Phi) is 3.25. The highest BCUT2D eigenvalue weighted by molar-refractivity contribution is 5.99. The molecule has 20 heavy (non-hydrogen) atoms. The van der Waals surface area contributed by atoms with Crippen molar-refractivity contribution >= 4 is 11.9 Å². The first-order chi connectivity index (χ1) is 9.59. The van der Waals surface area contributed by atoms with Crippen molar-refractivity contribution in [2.24, 2.45) is 0 Å².